The molecule has 0 spiro atoms. The lowest BCUT2D eigenvalue weighted by Gasteiger charge is -2.25. The van der Waals surface area contributed by atoms with E-state index in [4.69, 9.17) is 4.74 Å². The predicted octanol–water partition coefficient (Wildman–Crippen LogP) is 4.76. The molecule has 41 heavy (non-hydrogen) atoms. The molecule has 2 aromatic carbocycles. The fourth-order valence-corrected chi connectivity index (χ4v) is 3.38. The summed E-state index contributed by atoms with van der Waals surface area (Å²) in [4.78, 5) is 49.6. The van der Waals surface area contributed by atoms with Crippen LogP contribution in [0.3, 0.4) is 0 Å². The zero-order valence-electron chi connectivity index (χ0n) is 21.9. The maximum atomic E-state index is 13.1. The fraction of sp³-hybridized carbons (Fsp3) is 0.385. The number of carboxylic acid groups (broad SMARTS) is 1. The van der Waals surface area contributed by atoms with Crippen LogP contribution in [0, 0.1) is 0 Å². The average Bonchev–Trinajstić information content (AvgIpc) is 2.81. The second kappa shape index (κ2) is 12.9. The van der Waals surface area contributed by atoms with Crippen molar-refractivity contribution in [2.45, 2.75) is 63.7 Å². The number of carboxylic acids is 1. The molecule has 2 atom stereocenters. The van der Waals surface area contributed by atoms with Crippen molar-refractivity contribution in [2.75, 3.05) is 5.32 Å². The van der Waals surface area contributed by atoms with E-state index in [2.05, 4.69) is 16.0 Å². The number of anilines is 1. The van der Waals surface area contributed by atoms with Crippen LogP contribution in [0.15, 0.2) is 48.5 Å². The highest BCUT2D eigenvalue weighted by atomic mass is 19.4. The zero-order valence-corrected chi connectivity index (χ0v) is 21.9. The highest BCUT2D eigenvalue weighted by Crippen LogP contribution is 2.31. The Kier molecular flexibility index (Phi) is 10.4. The lowest BCUT2D eigenvalue weighted by Crippen LogP contribution is -2.54. The number of ether oxygens (including phenoxy) is 1. The smallest absolute Gasteiger partial charge is 0.416 e. The number of amides is 3. The van der Waals surface area contributed by atoms with Crippen LogP contribution in [0.2, 0.25) is 0 Å². The van der Waals surface area contributed by atoms with E-state index in [-0.39, 0.29) is 11.3 Å². The molecule has 15 heteroatoms. The highest BCUT2D eigenvalue weighted by molar-refractivity contribution is 5.99. The molecule has 0 radical (unpaired) electrons. The molecule has 0 fully saturated rings. The summed E-state index contributed by atoms with van der Waals surface area (Å²) in [6.45, 7) is 4.53. The molecule has 0 saturated carbocycles. The number of alkyl halides is 6. The van der Waals surface area contributed by atoms with Gasteiger partial charge in [-0.3, -0.25) is 14.4 Å². The molecular formula is C26H27F6N3O6. The van der Waals surface area contributed by atoms with Crippen LogP contribution in [0.1, 0.15) is 43.9 Å². The fourth-order valence-electron chi connectivity index (χ4n) is 3.38. The first kappa shape index (κ1) is 32.9. The van der Waals surface area contributed by atoms with E-state index >= 15 is 0 Å². The normalized spacial score (nSPS) is 13.5. The molecule has 224 valence electrons. The minimum atomic E-state index is -4.73. The van der Waals surface area contributed by atoms with Gasteiger partial charge in [0.25, 0.3) is 0 Å². The van der Waals surface area contributed by atoms with Gasteiger partial charge in [-0.15, -0.1) is 0 Å². The van der Waals surface area contributed by atoms with E-state index < -0.39 is 77.9 Å². The topological polar surface area (TPSA) is 134 Å². The van der Waals surface area contributed by atoms with Crippen molar-refractivity contribution in [3.8, 4) is 0 Å². The molecule has 4 N–H and O–H groups in total. The molecule has 0 heterocycles. The Morgan fingerprint density at radius 2 is 1.39 bits per heavy atom. The van der Waals surface area contributed by atoms with Gasteiger partial charge in [0.1, 0.15) is 17.7 Å². The molecule has 9 nitrogen and oxygen atoms in total. The van der Waals surface area contributed by atoms with E-state index in [0.29, 0.717) is 6.07 Å². The molecule has 3 amide bonds. The van der Waals surface area contributed by atoms with E-state index in [1.807, 2.05) is 0 Å². The van der Waals surface area contributed by atoms with Gasteiger partial charge in [0, 0.05) is 12.1 Å². The van der Waals surface area contributed by atoms with Gasteiger partial charge in [0.05, 0.1) is 17.5 Å². The first-order valence-corrected chi connectivity index (χ1v) is 11.9. The van der Waals surface area contributed by atoms with Crippen LogP contribution in [0.4, 0.5) is 36.8 Å². The Bertz CT molecular complexity index is 1260. The number of nitrogens with one attached hydrogen (secondary N) is 3. The van der Waals surface area contributed by atoms with E-state index in [1.165, 1.54) is 20.8 Å². The summed E-state index contributed by atoms with van der Waals surface area (Å²) in [5.41, 5.74) is -3.26. The summed E-state index contributed by atoms with van der Waals surface area (Å²) < 4.78 is 83.2. The average molecular weight is 592 g/mol. The molecule has 0 aliphatic rings. The quantitative estimate of drug-likeness (QED) is 0.311. The second-order valence-electron chi connectivity index (χ2n) is 9.82. The zero-order chi connectivity index (χ0) is 31.2. The maximum Gasteiger partial charge on any atom is 0.416 e. The van der Waals surface area contributed by atoms with E-state index in [9.17, 15) is 50.6 Å². The van der Waals surface area contributed by atoms with Gasteiger partial charge >= 0.3 is 24.4 Å². The molecule has 2 rings (SSSR count). The SMILES string of the molecule is CC(C)(C)OC(=O)N[C@@H](CC(=O)O)C(=O)N[C@@H](Cc1ccc(C(F)(F)F)cc1)C(=O)Nc1cccc(C(F)(F)F)c1. The Morgan fingerprint density at radius 3 is 1.90 bits per heavy atom. The number of hydrogen-bond acceptors (Lipinski definition) is 5. The number of carbonyl (C=O) groups is 4. The minimum Gasteiger partial charge on any atom is -0.481 e. The van der Waals surface area contributed by atoms with Crippen LogP contribution < -0.4 is 16.0 Å². The van der Waals surface area contributed by atoms with Crippen LogP contribution in [0.5, 0.6) is 0 Å². The number of halogens is 6. The Balaban J connectivity index is 2.35. The van der Waals surface area contributed by atoms with Crippen LogP contribution in [-0.4, -0.2) is 46.7 Å². The van der Waals surface area contributed by atoms with Crippen molar-refractivity contribution in [2.24, 2.45) is 0 Å². The van der Waals surface area contributed by atoms with Gasteiger partial charge in [0.15, 0.2) is 0 Å². The van der Waals surface area contributed by atoms with Crippen molar-refractivity contribution < 1.29 is 55.4 Å². The first-order chi connectivity index (χ1) is 18.7. The van der Waals surface area contributed by atoms with Crippen molar-refractivity contribution >= 4 is 29.6 Å². The van der Waals surface area contributed by atoms with Crippen molar-refractivity contribution in [3.63, 3.8) is 0 Å². The number of alkyl carbamates (subject to hydrolysis) is 1. The largest absolute Gasteiger partial charge is 0.481 e. The standard InChI is InChI=1S/C26H27F6N3O6/c1-24(2,3)41-23(40)35-19(13-20(36)37)22(39)34-18(11-14-7-9-15(10-8-14)25(27,28)29)21(38)33-17-6-4-5-16(12-17)26(30,31)32/h4-10,12,18-19H,11,13H2,1-3H3,(H,33,38)(H,34,39)(H,35,40)(H,36,37)/t18-,19-/m0/s1. The molecule has 0 aliphatic carbocycles. The van der Waals surface area contributed by atoms with E-state index in [0.717, 1.165) is 42.5 Å². The second-order valence-corrected chi connectivity index (χ2v) is 9.82. The molecular weight excluding hydrogens is 564 g/mol. The lowest BCUT2D eigenvalue weighted by atomic mass is 10.0. The van der Waals surface area contributed by atoms with Crippen LogP contribution in [0.25, 0.3) is 0 Å². The summed E-state index contributed by atoms with van der Waals surface area (Å²) >= 11 is 0. The number of carbonyl (C=O) groups excluding carboxylic acids is 3. The third-order valence-corrected chi connectivity index (χ3v) is 5.20. The molecule has 0 saturated heterocycles. The molecule has 0 aliphatic heterocycles. The Labute approximate surface area is 230 Å². The van der Waals surface area contributed by atoms with Gasteiger partial charge < -0.3 is 25.8 Å². The van der Waals surface area contributed by atoms with Gasteiger partial charge in [-0.05, 0) is 56.7 Å². The highest BCUT2D eigenvalue weighted by Gasteiger charge is 2.33. The van der Waals surface area contributed by atoms with Gasteiger partial charge in [-0.2, -0.15) is 26.3 Å². The Hall–Kier alpha value is -4.30. The van der Waals surface area contributed by atoms with Crippen LogP contribution in [-0.2, 0) is 37.9 Å². The van der Waals surface area contributed by atoms with Gasteiger partial charge in [-0.25, -0.2) is 4.79 Å². The number of rotatable bonds is 9. The van der Waals surface area contributed by atoms with Crippen molar-refractivity contribution in [1.29, 1.82) is 0 Å². The van der Waals surface area contributed by atoms with Crippen LogP contribution >= 0.6 is 0 Å². The summed E-state index contributed by atoms with van der Waals surface area (Å²) in [7, 11) is 0. The lowest BCUT2D eigenvalue weighted by molar-refractivity contribution is -0.140. The molecule has 0 aromatic heterocycles. The number of hydrogen-bond donors (Lipinski definition) is 4. The maximum absolute atomic E-state index is 13.1. The van der Waals surface area contributed by atoms with Gasteiger partial charge in [0.2, 0.25) is 11.8 Å². The van der Waals surface area contributed by atoms with E-state index in [1.54, 1.807) is 0 Å². The summed E-state index contributed by atoms with van der Waals surface area (Å²) in [5.74, 6) is -3.74. The summed E-state index contributed by atoms with van der Waals surface area (Å²) in [6, 6.07) is 3.72. The molecule has 0 bridgehead atoms. The van der Waals surface area contributed by atoms with Crippen molar-refractivity contribution in [3.05, 3.63) is 65.2 Å². The summed E-state index contributed by atoms with van der Waals surface area (Å²) in [5, 5.41) is 15.7. The minimum absolute atomic E-state index is 0.123. The third-order valence-electron chi connectivity index (χ3n) is 5.20. The summed E-state index contributed by atoms with van der Waals surface area (Å²) in [6.07, 6.45) is -11.9. The monoisotopic (exact) mass is 591 g/mol. The number of benzene rings is 2. The molecule has 2 aromatic rings. The Morgan fingerprint density at radius 1 is 0.805 bits per heavy atom. The third kappa shape index (κ3) is 11.0. The van der Waals surface area contributed by atoms with Gasteiger partial charge in [-0.1, -0.05) is 18.2 Å². The van der Waals surface area contributed by atoms with Crippen molar-refractivity contribution in [1.82, 2.24) is 10.6 Å². The number of aliphatic carboxylic acids is 1. The predicted molar refractivity (Wildman–Crippen MR) is 133 cm³/mol. The molecule has 0 unspecified atom stereocenters. The first-order valence-electron chi connectivity index (χ1n) is 11.9.